The molecule has 0 aliphatic rings. The van der Waals surface area contributed by atoms with Crippen LogP contribution >= 0.6 is 0 Å². The van der Waals surface area contributed by atoms with Crippen molar-refractivity contribution in [3.05, 3.63) is 72.3 Å². The number of ether oxygens (including phenoxy) is 4. The molecule has 4 aromatic rings. The van der Waals surface area contributed by atoms with E-state index in [2.05, 4.69) is 31.2 Å². The molecule has 4 rings (SSSR count). The van der Waals surface area contributed by atoms with E-state index in [0.29, 0.717) is 11.5 Å². The molecular weight excluding hydrogens is 404 g/mol. The lowest BCUT2D eigenvalue weighted by Gasteiger charge is -2.12. The minimum absolute atomic E-state index is 0.686. The summed E-state index contributed by atoms with van der Waals surface area (Å²) in [5, 5.41) is 4.95. The van der Waals surface area contributed by atoms with Gasteiger partial charge in [0, 0.05) is 23.3 Å². The Labute approximate surface area is 187 Å². The first-order chi connectivity index (χ1) is 15.6. The summed E-state index contributed by atoms with van der Waals surface area (Å²) in [5.74, 6) is 2.83. The van der Waals surface area contributed by atoms with E-state index in [0.717, 1.165) is 39.7 Å². The molecule has 164 valence electrons. The third-order valence-corrected chi connectivity index (χ3v) is 5.36. The highest BCUT2D eigenvalue weighted by atomic mass is 16.5. The molecule has 1 aromatic heterocycles. The fourth-order valence-corrected chi connectivity index (χ4v) is 3.61. The molecule has 0 amide bonds. The van der Waals surface area contributed by atoms with E-state index in [4.69, 9.17) is 24.0 Å². The van der Waals surface area contributed by atoms with Gasteiger partial charge in [-0.2, -0.15) is 5.10 Å². The zero-order chi connectivity index (χ0) is 22.7. The van der Waals surface area contributed by atoms with Gasteiger partial charge in [0.2, 0.25) is 0 Å². The van der Waals surface area contributed by atoms with Crippen LogP contribution in [0, 0.1) is 6.92 Å². The average Bonchev–Trinajstić information content (AvgIpc) is 3.28. The summed E-state index contributed by atoms with van der Waals surface area (Å²) in [4.78, 5) is 0. The lowest BCUT2D eigenvalue weighted by atomic mass is 10.1. The van der Waals surface area contributed by atoms with Crippen molar-refractivity contribution in [3.63, 3.8) is 0 Å². The van der Waals surface area contributed by atoms with Gasteiger partial charge >= 0.3 is 0 Å². The second kappa shape index (κ2) is 9.06. The number of benzene rings is 3. The van der Waals surface area contributed by atoms with E-state index in [9.17, 15) is 0 Å². The molecule has 6 heteroatoms. The molecule has 0 bridgehead atoms. The normalized spacial score (nSPS) is 10.7. The van der Waals surface area contributed by atoms with Gasteiger partial charge in [0.25, 0.3) is 0 Å². The van der Waals surface area contributed by atoms with Gasteiger partial charge in [-0.15, -0.1) is 0 Å². The maximum atomic E-state index is 5.68. The average molecular weight is 431 g/mol. The number of aromatic nitrogens is 2. The smallest absolute Gasteiger partial charge is 0.132 e. The third kappa shape index (κ3) is 3.99. The van der Waals surface area contributed by atoms with Crippen LogP contribution in [0.2, 0.25) is 0 Å². The van der Waals surface area contributed by atoms with Crippen LogP contribution < -0.4 is 18.9 Å². The van der Waals surface area contributed by atoms with E-state index >= 15 is 0 Å². The summed E-state index contributed by atoms with van der Waals surface area (Å²) in [7, 11) is 6.56. The molecule has 0 aliphatic carbocycles. The largest absolute Gasteiger partial charge is 0.497 e. The van der Waals surface area contributed by atoms with Gasteiger partial charge in [-0.1, -0.05) is 17.7 Å². The van der Waals surface area contributed by atoms with E-state index in [-0.39, 0.29) is 0 Å². The minimum Gasteiger partial charge on any atom is -0.497 e. The minimum atomic E-state index is 0.686. The van der Waals surface area contributed by atoms with Crippen molar-refractivity contribution in [1.82, 2.24) is 9.78 Å². The maximum absolute atomic E-state index is 5.68. The highest BCUT2D eigenvalue weighted by Crippen LogP contribution is 2.39. The Balaban J connectivity index is 1.94. The van der Waals surface area contributed by atoms with Crippen LogP contribution in [0.25, 0.3) is 28.2 Å². The van der Waals surface area contributed by atoms with Crippen LogP contribution in [0.1, 0.15) is 5.56 Å². The topological polar surface area (TPSA) is 54.7 Å². The summed E-state index contributed by atoms with van der Waals surface area (Å²) < 4.78 is 23.9. The lowest BCUT2D eigenvalue weighted by molar-refractivity contribution is 0.395. The molecule has 0 N–H and O–H groups in total. The van der Waals surface area contributed by atoms with Crippen LogP contribution in [0.3, 0.4) is 0 Å². The standard InChI is InChI=1S/C26H26N2O4/c1-17-6-8-18(9-7-17)28-24(22-13-11-20(30-3)15-26(22)32-5)16-23(27-28)21-12-10-19(29-2)14-25(21)31-4/h6-16H,1-5H3. The van der Waals surface area contributed by atoms with Crippen molar-refractivity contribution in [3.8, 4) is 51.2 Å². The highest BCUT2D eigenvalue weighted by molar-refractivity contribution is 5.77. The number of rotatable bonds is 7. The molecule has 0 spiro atoms. The molecule has 0 aliphatic heterocycles. The van der Waals surface area contributed by atoms with Crippen molar-refractivity contribution in [2.75, 3.05) is 28.4 Å². The SMILES string of the molecule is COc1ccc(-c2cc(-c3ccc(OC)cc3OC)n(-c3ccc(C)cc3)n2)c(OC)c1. The Morgan fingerprint density at radius 2 is 1.19 bits per heavy atom. The third-order valence-electron chi connectivity index (χ3n) is 5.36. The van der Waals surface area contributed by atoms with Crippen LogP contribution in [-0.4, -0.2) is 38.2 Å². The zero-order valence-electron chi connectivity index (χ0n) is 18.9. The van der Waals surface area contributed by atoms with Gasteiger partial charge in [0.15, 0.2) is 0 Å². The summed E-state index contributed by atoms with van der Waals surface area (Å²) in [6.07, 6.45) is 0. The second-order valence-electron chi connectivity index (χ2n) is 7.29. The molecule has 0 saturated carbocycles. The maximum Gasteiger partial charge on any atom is 0.132 e. The monoisotopic (exact) mass is 430 g/mol. The first-order valence-corrected chi connectivity index (χ1v) is 10.2. The molecule has 0 saturated heterocycles. The van der Waals surface area contributed by atoms with Crippen molar-refractivity contribution >= 4 is 0 Å². The molecule has 0 unspecified atom stereocenters. The van der Waals surface area contributed by atoms with Crippen LogP contribution in [0.4, 0.5) is 0 Å². The van der Waals surface area contributed by atoms with E-state index in [1.54, 1.807) is 28.4 Å². The number of aryl methyl sites for hydroxylation is 1. The molecule has 6 nitrogen and oxygen atoms in total. The van der Waals surface area contributed by atoms with E-state index in [1.165, 1.54) is 5.56 Å². The Kier molecular flexibility index (Phi) is 6.03. The van der Waals surface area contributed by atoms with E-state index < -0.39 is 0 Å². The molecule has 32 heavy (non-hydrogen) atoms. The Hall–Kier alpha value is -3.93. The van der Waals surface area contributed by atoms with Gasteiger partial charge in [-0.05, 0) is 49.4 Å². The molecule has 0 radical (unpaired) electrons. The quantitative estimate of drug-likeness (QED) is 0.385. The van der Waals surface area contributed by atoms with Crippen LogP contribution in [-0.2, 0) is 0 Å². The highest BCUT2D eigenvalue weighted by Gasteiger charge is 2.19. The Bertz CT molecular complexity index is 1230. The Morgan fingerprint density at radius 1 is 0.625 bits per heavy atom. The van der Waals surface area contributed by atoms with Crippen molar-refractivity contribution in [1.29, 1.82) is 0 Å². The first-order valence-electron chi connectivity index (χ1n) is 10.2. The Morgan fingerprint density at radius 3 is 1.75 bits per heavy atom. The van der Waals surface area contributed by atoms with Gasteiger partial charge in [0.1, 0.15) is 23.0 Å². The lowest BCUT2D eigenvalue weighted by Crippen LogP contribution is -2.01. The number of nitrogens with zero attached hydrogens (tertiary/aromatic N) is 2. The second-order valence-corrected chi connectivity index (χ2v) is 7.29. The van der Waals surface area contributed by atoms with Gasteiger partial charge < -0.3 is 18.9 Å². The summed E-state index contributed by atoms with van der Waals surface area (Å²) in [6.45, 7) is 2.06. The van der Waals surface area contributed by atoms with Crippen LogP contribution in [0.5, 0.6) is 23.0 Å². The zero-order valence-corrected chi connectivity index (χ0v) is 18.9. The van der Waals surface area contributed by atoms with Crippen molar-refractivity contribution in [2.45, 2.75) is 6.92 Å². The number of hydrogen-bond acceptors (Lipinski definition) is 5. The van der Waals surface area contributed by atoms with Gasteiger partial charge in [0.05, 0.1) is 45.5 Å². The molecule has 0 fully saturated rings. The predicted molar refractivity (Wildman–Crippen MR) is 125 cm³/mol. The predicted octanol–water partition coefficient (Wildman–Crippen LogP) is 5.55. The van der Waals surface area contributed by atoms with Crippen LogP contribution in [0.15, 0.2) is 66.7 Å². The fraction of sp³-hybridized carbons (Fsp3) is 0.192. The van der Waals surface area contributed by atoms with Gasteiger partial charge in [-0.25, -0.2) is 4.68 Å². The first kappa shape index (κ1) is 21.3. The fourth-order valence-electron chi connectivity index (χ4n) is 3.61. The van der Waals surface area contributed by atoms with Crippen molar-refractivity contribution < 1.29 is 18.9 Å². The molecule has 0 atom stereocenters. The van der Waals surface area contributed by atoms with Crippen molar-refractivity contribution in [2.24, 2.45) is 0 Å². The molecule has 3 aromatic carbocycles. The summed E-state index contributed by atoms with van der Waals surface area (Å²) in [5.41, 5.74) is 5.57. The van der Waals surface area contributed by atoms with Gasteiger partial charge in [-0.3, -0.25) is 0 Å². The summed E-state index contributed by atoms with van der Waals surface area (Å²) in [6, 6.07) is 21.8. The number of hydrogen-bond donors (Lipinski definition) is 0. The van der Waals surface area contributed by atoms with E-state index in [1.807, 2.05) is 47.1 Å². The number of methoxy groups -OCH3 is 4. The molecular formula is C26H26N2O4. The summed E-state index contributed by atoms with van der Waals surface area (Å²) >= 11 is 0. The molecule has 1 heterocycles.